The monoisotopic (exact) mass is 388 g/mol. The molecule has 146 valence electrons. The molecule has 1 aromatic carbocycles. The number of amides is 1. The van der Waals surface area contributed by atoms with Gasteiger partial charge in [0.1, 0.15) is 6.04 Å². The maximum absolute atomic E-state index is 11.6. The third-order valence-corrected chi connectivity index (χ3v) is 6.90. The molecule has 1 aliphatic rings. The highest BCUT2D eigenvalue weighted by molar-refractivity contribution is 7.17. The van der Waals surface area contributed by atoms with Crippen LogP contribution in [0.25, 0.3) is 0 Å². The second-order valence-corrected chi connectivity index (χ2v) is 8.68. The molecule has 6 heteroatoms. The topological polar surface area (TPSA) is 66.6 Å². The number of nitrogens with two attached hydrogens (primary N) is 1. The van der Waals surface area contributed by atoms with E-state index in [-0.39, 0.29) is 18.1 Å². The summed E-state index contributed by atoms with van der Waals surface area (Å²) in [6.45, 7) is 5.69. The number of hydrogen-bond donors (Lipinski definition) is 2. The van der Waals surface area contributed by atoms with Gasteiger partial charge in [0.15, 0.2) is 5.00 Å². The minimum absolute atomic E-state index is 0.218. The van der Waals surface area contributed by atoms with Gasteiger partial charge in [-0.3, -0.25) is 14.2 Å². The highest BCUT2D eigenvalue weighted by Gasteiger charge is 2.39. The lowest BCUT2D eigenvalue weighted by Gasteiger charge is -2.42. The van der Waals surface area contributed by atoms with Crippen LogP contribution < -0.4 is 10.2 Å². The Morgan fingerprint density at radius 2 is 2.07 bits per heavy atom. The summed E-state index contributed by atoms with van der Waals surface area (Å²) in [4.78, 5) is 14.6. The molecule has 3 N–H and O–H groups in total. The Labute approximate surface area is 165 Å². The molecular weight excluding hydrogens is 358 g/mol. The van der Waals surface area contributed by atoms with Crippen LogP contribution in [0.2, 0.25) is 0 Å². The van der Waals surface area contributed by atoms with Crippen molar-refractivity contribution in [2.75, 3.05) is 33.2 Å². The molecule has 2 aromatic rings. The van der Waals surface area contributed by atoms with Gasteiger partial charge in [0.25, 0.3) is 5.91 Å². The highest BCUT2D eigenvalue weighted by Crippen LogP contribution is 2.39. The maximum Gasteiger partial charge on any atom is 0.258 e. The summed E-state index contributed by atoms with van der Waals surface area (Å²) >= 11 is 1.50. The molecule has 1 aliphatic heterocycles. The van der Waals surface area contributed by atoms with Crippen LogP contribution in [0.15, 0.2) is 42.5 Å². The third-order valence-electron chi connectivity index (χ3n) is 5.58. The van der Waals surface area contributed by atoms with E-state index < -0.39 is 0 Å². The number of aliphatic hydroxyl groups is 1. The molecule has 1 saturated heterocycles. The zero-order chi connectivity index (χ0) is 19.4. The Hall–Kier alpha value is -1.73. The number of carbonyl (C=O) groups is 1. The van der Waals surface area contributed by atoms with Gasteiger partial charge >= 0.3 is 0 Å². The number of aliphatic hydroxyl groups excluding tert-OH is 1. The fraction of sp³-hybridized carbons (Fsp3) is 0.476. The lowest BCUT2D eigenvalue weighted by atomic mass is 10.0. The number of likely N-dealkylation sites (N-methyl/N-ethyl adjacent to an activating group) is 1. The Morgan fingerprint density at radius 3 is 2.63 bits per heavy atom. The van der Waals surface area contributed by atoms with Crippen molar-refractivity contribution in [3.8, 4) is 0 Å². The van der Waals surface area contributed by atoms with Crippen LogP contribution in [0.3, 0.4) is 0 Å². The van der Waals surface area contributed by atoms with Crippen LogP contribution >= 0.6 is 11.3 Å². The Balaban J connectivity index is 2.00. The molecule has 3 rings (SSSR count). The maximum atomic E-state index is 11.6. The second-order valence-electron chi connectivity index (χ2n) is 7.62. The first-order chi connectivity index (χ1) is 12.9. The Morgan fingerprint density at radius 1 is 1.33 bits per heavy atom. The molecule has 1 aromatic heterocycles. The standard InChI is InChI=1S/C21H29N3O2S/c1-3-13-24(2,20-10-9-19(27-20)21(22)26)18(16-7-5-4-6-8-16)15-23-12-11-17(25)14-23/h4-10,17-18,25H,3,11-15H2,1-2H3,(H-,22,26)/p+1/t17-,18+,24?/m0/s1. The molecule has 27 heavy (non-hydrogen) atoms. The van der Waals surface area contributed by atoms with Crippen molar-refractivity contribution in [1.29, 1.82) is 0 Å². The van der Waals surface area contributed by atoms with Gasteiger partial charge in [0.2, 0.25) is 0 Å². The van der Waals surface area contributed by atoms with Gasteiger partial charge < -0.3 is 10.8 Å². The first-order valence-electron chi connectivity index (χ1n) is 9.65. The fourth-order valence-corrected chi connectivity index (χ4v) is 5.16. The number of benzene rings is 1. The van der Waals surface area contributed by atoms with Crippen molar-refractivity contribution in [3.63, 3.8) is 0 Å². The number of thiophene rings is 1. The Kier molecular flexibility index (Phi) is 6.32. The molecule has 5 nitrogen and oxygen atoms in total. The summed E-state index contributed by atoms with van der Waals surface area (Å²) in [5, 5.41) is 11.1. The van der Waals surface area contributed by atoms with Crippen LogP contribution in [0.5, 0.6) is 0 Å². The van der Waals surface area contributed by atoms with E-state index in [0.717, 1.165) is 48.5 Å². The van der Waals surface area contributed by atoms with Gasteiger partial charge in [-0.05, 0) is 18.9 Å². The molecule has 0 bridgehead atoms. The van der Waals surface area contributed by atoms with E-state index in [1.54, 1.807) is 0 Å². The Bertz CT molecular complexity index is 764. The van der Waals surface area contributed by atoms with Crippen LogP contribution in [-0.2, 0) is 0 Å². The smallest absolute Gasteiger partial charge is 0.258 e. The highest BCUT2D eigenvalue weighted by atomic mass is 32.1. The fourth-order valence-electron chi connectivity index (χ4n) is 4.13. The first-order valence-corrected chi connectivity index (χ1v) is 10.5. The van der Waals surface area contributed by atoms with E-state index in [1.165, 1.54) is 16.9 Å². The van der Waals surface area contributed by atoms with E-state index in [9.17, 15) is 9.90 Å². The molecule has 0 spiro atoms. The molecule has 0 aliphatic carbocycles. The molecule has 3 atom stereocenters. The number of nitrogens with zero attached hydrogens (tertiary/aromatic N) is 2. The van der Waals surface area contributed by atoms with Gasteiger partial charge in [-0.25, -0.2) is 0 Å². The predicted molar refractivity (Wildman–Crippen MR) is 112 cm³/mol. The number of carbonyl (C=O) groups excluding carboxylic acids is 1. The zero-order valence-electron chi connectivity index (χ0n) is 16.2. The summed E-state index contributed by atoms with van der Waals surface area (Å²) in [5.74, 6) is -0.367. The molecular formula is C21H30N3O2S+. The number of rotatable bonds is 8. The first kappa shape index (κ1) is 20.0. The average molecular weight is 389 g/mol. The van der Waals surface area contributed by atoms with Crippen molar-refractivity contribution < 1.29 is 9.90 Å². The molecule has 0 saturated carbocycles. The van der Waals surface area contributed by atoms with Crippen molar-refractivity contribution in [3.05, 3.63) is 52.9 Å². The average Bonchev–Trinajstić information content (AvgIpc) is 3.30. The lowest BCUT2D eigenvalue weighted by Crippen LogP contribution is -2.52. The number of primary amides is 1. The number of quaternary nitrogens is 1. The van der Waals surface area contributed by atoms with Crippen LogP contribution in [0.4, 0.5) is 5.00 Å². The normalized spacial score (nSPS) is 21.1. The number of β-amino-alcohol motifs (C(OH)–C–C–N with tert-alkyl or cyclic N) is 1. The summed E-state index contributed by atoms with van der Waals surface area (Å²) < 4.78 is 0.727. The predicted octanol–water partition coefficient (Wildman–Crippen LogP) is 3.00. The minimum atomic E-state index is -0.367. The van der Waals surface area contributed by atoms with Crippen LogP contribution in [-0.4, -0.2) is 55.2 Å². The summed E-state index contributed by atoms with van der Waals surface area (Å²) in [6.07, 6.45) is 1.64. The minimum Gasteiger partial charge on any atom is -0.392 e. The molecule has 1 amide bonds. The van der Waals surface area contributed by atoms with Crippen molar-refractivity contribution >= 4 is 22.2 Å². The lowest BCUT2D eigenvalue weighted by molar-refractivity contribution is 0.100. The van der Waals surface area contributed by atoms with Crippen molar-refractivity contribution in [2.24, 2.45) is 5.73 Å². The molecule has 1 unspecified atom stereocenters. The van der Waals surface area contributed by atoms with Gasteiger partial charge in [0, 0.05) is 24.7 Å². The largest absolute Gasteiger partial charge is 0.392 e. The van der Waals surface area contributed by atoms with E-state index in [1.807, 2.05) is 12.1 Å². The molecule has 0 radical (unpaired) electrons. The van der Waals surface area contributed by atoms with Gasteiger partial charge in [-0.1, -0.05) is 48.6 Å². The number of hydrogen-bond acceptors (Lipinski definition) is 4. The quantitative estimate of drug-likeness (QED) is 0.683. The number of likely N-dealkylation sites (tertiary alicyclic amines) is 1. The summed E-state index contributed by atoms with van der Waals surface area (Å²) in [7, 11) is 2.25. The summed E-state index contributed by atoms with van der Waals surface area (Å²) in [5.41, 5.74) is 6.79. The van der Waals surface area contributed by atoms with E-state index in [2.05, 4.69) is 49.2 Å². The van der Waals surface area contributed by atoms with E-state index in [0.29, 0.717) is 4.88 Å². The van der Waals surface area contributed by atoms with Crippen molar-refractivity contribution in [2.45, 2.75) is 31.9 Å². The van der Waals surface area contributed by atoms with E-state index in [4.69, 9.17) is 5.73 Å². The third kappa shape index (κ3) is 4.41. The van der Waals surface area contributed by atoms with Crippen LogP contribution in [0.1, 0.15) is 41.0 Å². The van der Waals surface area contributed by atoms with Crippen LogP contribution in [0, 0.1) is 0 Å². The second kappa shape index (κ2) is 8.52. The van der Waals surface area contributed by atoms with Gasteiger partial charge in [-0.2, -0.15) is 0 Å². The summed E-state index contributed by atoms with van der Waals surface area (Å²) in [6, 6.07) is 14.7. The molecule has 1 fully saturated rings. The SMILES string of the molecule is CCC[N+](C)(c1ccc(C(N)=O)s1)[C@H](CN1CC[C@H](O)C1)c1ccccc1. The van der Waals surface area contributed by atoms with Crippen molar-refractivity contribution in [1.82, 2.24) is 9.38 Å². The van der Waals surface area contributed by atoms with Gasteiger partial charge in [-0.15, -0.1) is 0 Å². The van der Waals surface area contributed by atoms with E-state index >= 15 is 0 Å². The molecule has 2 heterocycles. The van der Waals surface area contributed by atoms with Gasteiger partial charge in [0.05, 0.1) is 31.1 Å². The zero-order valence-corrected chi connectivity index (χ0v) is 17.0.